The van der Waals surface area contributed by atoms with E-state index in [1.165, 1.54) is 32.4 Å². The topological polar surface area (TPSA) is 88.1 Å². The Bertz CT molecular complexity index is 978. The van der Waals surface area contributed by atoms with Crippen molar-refractivity contribution in [2.45, 2.75) is 64.7 Å². The maximum atomic E-state index is 12.9. The fraction of sp³-hybridized carbons (Fsp3) is 0.633. The van der Waals surface area contributed by atoms with Crippen LogP contribution < -0.4 is 9.47 Å². The van der Waals surface area contributed by atoms with Gasteiger partial charge in [0.15, 0.2) is 11.5 Å². The highest BCUT2D eigenvalue weighted by Crippen LogP contribution is 2.58. The van der Waals surface area contributed by atoms with Crippen LogP contribution in [0.3, 0.4) is 0 Å². The summed E-state index contributed by atoms with van der Waals surface area (Å²) in [6.45, 7) is 6.19. The second-order valence-electron chi connectivity index (χ2n) is 10.9. The van der Waals surface area contributed by atoms with Crippen LogP contribution in [-0.4, -0.2) is 38.2 Å². The van der Waals surface area contributed by atoms with E-state index in [1.807, 2.05) is 0 Å². The van der Waals surface area contributed by atoms with Gasteiger partial charge in [0.1, 0.15) is 0 Å². The molecule has 0 bridgehead atoms. The van der Waals surface area contributed by atoms with E-state index in [4.69, 9.17) is 18.9 Å². The minimum absolute atomic E-state index is 0.0902. The number of carbonyl (C=O) groups is 3. The average molecular weight is 513 g/mol. The molecule has 3 aliphatic carbocycles. The number of fused-ring (bicyclic) bond motifs is 1. The molecule has 4 atom stereocenters. The highest BCUT2D eigenvalue weighted by Gasteiger charge is 2.50. The molecule has 4 rings (SSSR count). The zero-order valence-corrected chi connectivity index (χ0v) is 22.1. The van der Waals surface area contributed by atoms with E-state index >= 15 is 0 Å². The second-order valence-corrected chi connectivity index (χ2v) is 10.9. The number of carbonyl (C=O) groups excluding carboxylic acids is 3. The summed E-state index contributed by atoms with van der Waals surface area (Å²) >= 11 is 0. The lowest BCUT2D eigenvalue weighted by Crippen LogP contribution is -2.29. The summed E-state index contributed by atoms with van der Waals surface area (Å²) in [5, 5.41) is 0. The molecule has 1 aromatic rings. The molecular weight excluding hydrogens is 472 g/mol. The van der Waals surface area contributed by atoms with Crippen LogP contribution in [0, 0.1) is 35.5 Å². The molecule has 0 heterocycles. The van der Waals surface area contributed by atoms with Gasteiger partial charge in [-0.3, -0.25) is 4.79 Å². The van der Waals surface area contributed by atoms with Crippen molar-refractivity contribution in [3.05, 3.63) is 36.4 Å². The Morgan fingerprint density at radius 1 is 0.919 bits per heavy atom. The highest BCUT2D eigenvalue weighted by molar-refractivity contribution is 5.90. The first-order valence-corrected chi connectivity index (χ1v) is 13.8. The number of unbranched alkanes of at least 4 members (excludes halogenated alkanes) is 1. The summed E-state index contributed by atoms with van der Waals surface area (Å²) in [5.74, 6) is 3.84. The molecule has 4 unspecified atom stereocenters. The van der Waals surface area contributed by atoms with E-state index in [2.05, 4.69) is 13.5 Å². The molecular formula is C30H40O7. The molecule has 0 amide bonds. The number of rotatable bonds is 11. The molecule has 37 heavy (non-hydrogen) atoms. The lowest BCUT2D eigenvalue weighted by molar-refractivity contribution is -0.140. The predicted octanol–water partition coefficient (Wildman–Crippen LogP) is 5.76. The Hall–Kier alpha value is -2.83. The summed E-state index contributed by atoms with van der Waals surface area (Å²) < 4.78 is 21.3. The molecule has 0 saturated heterocycles. The van der Waals surface area contributed by atoms with Gasteiger partial charge in [0.05, 0.1) is 31.8 Å². The molecule has 0 radical (unpaired) electrons. The molecule has 202 valence electrons. The van der Waals surface area contributed by atoms with E-state index in [9.17, 15) is 14.4 Å². The van der Waals surface area contributed by atoms with Crippen LogP contribution in [0.1, 0.15) is 75.1 Å². The van der Waals surface area contributed by atoms with Gasteiger partial charge in [-0.25, -0.2) is 9.59 Å². The summed E-state index contributed by atoms with van der Waals surface area (Å²) in [4.78, 5) is 36.3. The predicted molar refractivity (Wildman–Crippen MR) is 138 cm³/mol. The number of esters is 3. The minimum Gasteiger partial charge on any atom is -0.493 e. The van der Waals surface area contributed by atoms with Gasteiger partial charge < -0.3 is 18.9 Å². The Balaban J connectivity index is 1.21. The fourth-order valence-corrected chi connectivity index (χ4v) is 6.39. The third-order valence-corrected chi connectivity index (χ3v) is 8.77. The van der Waals surface area contributed by atoms with Crippen LogP contribution in [0.5, 0.6) is 11.5 Å². The molecule has 3 saturated carbocycles. The van der Waals surface area contributed by atoms with Gasteiger partial charge in [0.2, 0.25) is 0 Å². The van der Waals surface area contributed by atoms with Crippen molar-refractivity contribution >= 4 is 17.9 Å². The van der Waals surface area contributed by atoms with Crippen molar-refractivity contribution in [3.63, 3.8) is 0 Å². The Labute approximate surface area is 219 Å². The maximum Gasteiger partial charge on any atom is 0.338 e. The fourth-order valence-electron chi connectivity index (χ4n) is 6.39. The number of ether oxygens (including phenoxy) is 4. The molecule has 7 nitrogen and oxygen atoms in total. The van der Waals surface area contributed by atoms with Gasteiger partial charge in [-0.15, -0.1) is 0 Å². The molecule has 1 aromatic carbocycles. The first-order chi connectivity index (χ1) is 17.9. The van der Waals surface area contributed by atoms with Gasteiger partial charge in [-0.1, -0.05) is 13.5 Å². The molecule has 0 aliphatic heterocycles. The molecule has 3 fully saturated rings. The Morgan fingerprint density at radius 2 is 1.62 bits per heavy atom. The van der Waals surface area contributed by atoms with E-state index in [-0.39, 0.29) is 25.1 Å². The number of benzene rings is 1. The van der Waals surface area contributed by atoms with Crippen molar-refractivity contribution in [3.8, 4) is 11.5 Å². The highest BCUT2D eigenvalue weighted by atomic mass is 16.6. The zero-order chi connectivity index (χ0) is 26.4. The normalized spacial score (nSPS) is 28.4. The second kappa shape index (κ2) is 12.6. The van der Waals surface area contributed by atoms with Crippen LogP contribution >= 0.6 is 0 Å². The van der Waals surface area contributed by atoms with Gasteiger partial charge in [0, 0.05) is 6.08 Å². The van der Waals surface area contributed by atoms with E-state index < -0.39 is 11.9 Å². The van der Waals surface area contributed by atoms with E-state index in [0.29, 0.717) is 29.9 Å². The van der Waals surface area contributed by atoms with Gasteiger partial charge >= 0.3 is 17.9 Å². The molecule has 7 heteroatoms. The largest absolute Gasteiger partial charge is 0.493 e. The van der Waals surface area contributed by atoms with Crippen LogP contribution in [0.2, 0.25) is 0 Å². The van der Waals surface area contributed by atoms with Crippen LogP contribution in [0.4, 0.5) is 0 Å². The summed E-state index contributed by atoms with van der Waals surface area (Å²) in [5.41, 5.74) is 0.315. The quantitative estimate of drug-likeness (QED) is 0.161. The van der Waals surface area contributed by atoms with Crippen molar-refractivity contribution in [2.75, 3.05) is 20.3 Å². The summed E-state index contributed by atoms with van der Waals surface area (Å²) in [6.07, 6.45) is 10.4. The summed E-state index contributed by atoms with van der Waals surface area (Å²) in [7, 11) is 1.48. The van der Waals surface area contributed by atoms with Crippen molar-refractivity contribution < 1.29 is 33.3 Å². The molecule has 0 N–H and O–H groups in total. The summed E-state index contributed by atoms with van der Waals surface area (Å²) in [6, 6.07) is 4.69. The number of hydrogen-bond donors (Lipinski definition) is 0. The van der Waals surface area contributed by atoms with Crippen LogP contribution in [-0.2, 0) is 19.1 Å². The van der Waals surface area contributed by atoms with Crippen LogP contribution in [0.15, 0.2) is 30.9 Å². The van der Waals surface area contributed by atoms with Crippen LogP contribution in [0.25, 0.3) is 0 Å². The smallest absolute Gasteiger partial charge is 0.338 e. The van der Waals surface area contributed by atoms with Gasteiger partial charge in [0.25, 0.3) is 0 Å². The third-order valence-electron chi connectivity index (χ3n) is 8.77. The lowest BCUT2D eigenvalue weighted by Gasteiger charge is -2.35. The van der Waals surface area contributed by atoms with Gasteiger partial charge in [-0.2, -0.15) is 0 Å². The number of methoxy groups -OCH3 is 1. The van der Waals surface area contributed by atoms with E-state index in [0.717, 1.165) is 61.3 Å². The molecule has 0 aromatic heterocycles. The molecule has 3 aliphatic rings. The van der Waals surface area contributed by atoms with Gasteiger partial charge in [-0.05, 0) is 106 Å². The minimum atomic E-state index is -0.493. The third kappa shape index (κ3) is 6.93. The zero-order valence-electron chi connectivity index (χ0n) is 22.1. The standard InChI is InChI=1S/C30H40O7/c1-4-28(31)35-15-5-6-16-36-29(32)23-12-14-26(27(18-23)34-3)37-30(33)21-9-7-20(8-10-21)22-11-13-24-19(2)25(24)17-22/h4,12,14,18-22,24-25H,1,5-11,13,15-17H2,2-3H3. The van der Waals surface area contributed by atoms with Crippen molar-refractivity contribution in [1.29, 1.82) is 0 Å². The average Bonchev–Trinajstić information content (AvgIpc) is 3.58. The SMILES string of the molecule is C=CC(=O)OCCCCOC(=O)c1ccc(OC(=O)C2CCC(C3CCC4C(C)C4C3)CC2)c(OC)c1. The first kappa shape index (κ1) is 27.2. The lowest BCUT2D eigenvalue weighted by atomic mass is 9.71. The Kier molecular flexibility index (Phi) is 9.28. The number of hydrogen-bond acceptors (Lipinski definition) is 7. The Morgan fingerprint density at radius 3 is 2.30 bits per heavy atom. The molecule has 0 spiro atoms. The van der Waals surface area contributed by atoms with E-state index in [1.54, 1.807) is 12.1 Å². The first-order valence-electron chi connectivity index (χ1n) is 13.8. The monoisotopic (exact) mass is 512 g/mol. The van der Waals surface area contributed by atoms with Crippen molar-refractivity contribution in [1.82, 2.24) is 0 Å². The van der Waals surface area contributed by atoms with Crippen molar-refractivity contribution in [2.24, 2.45) is 35.5 Å². The maximum absolute atomic E-state index is 12.9.